The molecule has 1 aromatic heterocycles. The first-order chi connectivity index (χ1) is 7.48. The summed E-state index contributed by atoms with van der Waals surface area (Å²) in [4.78, 5) is 8.42. The average molecular weight is 223 g/mol. The number of anilines is 1. The number of hydrogen-bond acceptors (Lipinski definition) is 4. The van der Waals surface area contributed by atoms with Gasteiger partial charge in [0.1, 0.15) is 17.7 Å². The van der Waals surface area contributed by atoms with Gasteiger partial charge in [-0.15, -0.1) is 0 Å². The molecular weight excluding hydrogens is 202 g/mol. The second kappa shape index (κ2) is 5.14. The SMILES string of the molecule is CCCc1c(NC)ncnc1OC(C)(C)C. The van der Waals surface area contributed by atoms with Gasteiger partial charge in [0.25, 0.3) is 0 Å². The summed E-state index contributed by atoms with van der Waals surface area (Å²) in [5, 5.41) is 3.08. The molecule has 1 heterocycles. The van der Waals surface area contributed by atoms with E-state index in [9.17, 15) is 0 Å². The summed E-state index contributed by atoms with van der Waals surface area (Å²) in [6, 6.07) is 0. The molecule has 4 nitrogen and oxygen atoms in total. The lowest BCUT2D eigenvalue weighted by Gasteiger charge is -2.22. The molecule has 0 saturated carbocycles. The van der Waals surface area contributed by atoms with Crippen molar-refractivity contribution in [3.05, 3.63) is 11.9 Å². The van der Waals surface area contributed by atoms with E-state index in [0.29, 0.717) is 5.88 Å². The highest BCUT2D eigenvalue weighted by Gasteiger charge is 2.17. The number of aromatic nitrogens is 2. The number of rotatable bonds is 4. The van der Waals surface area contributed by atoms with Crippen molar-refractivity contribution in [1.82, 2.24) is 9.97 Å². The topological polar surface area (TPSA) is 47.0 Å². The Morgan fingerprint density at radius 1 is 1.31 bits per heavy atom. The first-order valence-corrected chi connectivity index (χ1v) is 5.68. The van der Waals surface area contributed by atoms with Crippen molar-refractivity contribution in [3.63, 3.8) is 0 Å². The first-order valence-electron chi connectivity index (χ1n) is 5.68. The zero-order chi connectivity index (χ0) is 12.2. The van der Waals surface area contributed by atoms with Gasteiger partial charge in [-0.2, -0.15) is 0 Å². The number of nitrogens with one attached hydrogen (secondary N) is 1. The Hall–Kier alpha value is -1.32. The minimum absolute atomic E-state index is 0.234. The van der Waals surface area contributed by atoms with Gasteiger partial charge >= 0.3 is 0 Å². The fourth-order valence-electron chi connectivity index (χ4n) is 1.46. The van der Waals surface area contributed by atoms with Gasteiger partial charge < -0.3 is 10.1 Å². The minimum Gasteiger partial charge on any atom is -0.472 e. The van der Waals surface area contributed by atoms with E-state index in [1.807, 2.05) is 27.8 Å². The molecule has 0 bridgehead atoms. The van der Waals surface area contributed by atoms with Crippen LogP contribution in [0.15, 0.2) is 6.33 Å². The van der Waals surface area contributed by atoms with Gasteiger partial charge in [-0.05, 0) is 27.2 Å². The molecule has 0 aliphatic rings. The number of nitrogens with zero attached hydrogens (tertiary/aromatic N) is 2. The van der Waals surface area contributed by atoms with Crippen LogP contribution in [0.3, 0.4) is 0 Å². The van der Waals surface area contributed by atoms with Gasteiger partial charge in [-0.25, -0.2) is 9.97 Å². The van der Waals surface area contributed by atoms with E-state index in [4.69, 9.17) is 4.74 Å². The van der Waals surface area contributed by atoms with Gasteiger partial charge in [-0.3, -0.25) is 0 Å². The van der Waals surface area contributed by atoms with E-state index in [2.05, 4.69) is 22.2 Å². The molecule has 0 aliphatic carbocycles. The molecule has 1 rings (SSSR count). The molecule has 0 atom stereocenters. The predicted octanol–water partition coefficient (Wildman–Crippen LogP) is 2.65. The third-order valence-electron chi connectivity index (χ3n) is 2.05. The van der Waals surface area contributed by atoms with E-state index >= 15 is 0 Å². The third kappa shape index (κ3) is 3.36. The molecule has 1 N–H and O–H groups in total. The molecule has 0 aliphatic heterocycles. The van der Waals surface area contributed by atoms with Crippen molar-refractivity contribution >= 4 is 5.82 Å². The van der Waals surface area contributed by atoms with Crippen molar-refractivity contribution in [2.45, 2.75) is 46.1 Å². The fourth-order valence-corrected chi connectivity index (χ4v) is 1.46. The van der Waals surface area contributed by atoms with Crippen molar-refractivity contribution < 1.29 is 4.74 Å². The van der Waals surface area contributed by atoms with E-state index in [1.54, 1.807) is 0 Å². The minimum atomic E-state index is -0.234. The summed E-state index contributed by atoms with van der Waals surface area (Å²) in [5.74, 6) is 1.55. The molecule has 0 aromatic carbocycles. The maximum atomic E-state index is 5.84. The molecule has 1 aromatic rings. The maximum Gasteiger partial charge on any atom is 0.222 e. The molecule has 16 heavy (non-hydrogen) atoms. The lowest BCUT2D eigenvalue weighted by Crippen LogP contribution is -2.24. The van der Waals surface area contributed by atoms with Crippen LogP contribution in [-0.4, -0.2) is 22.6 Å². The summed E-state index contributed by atoms with van der Waals surface area (Å²) in [6.45, 7) is 8.19. The smallest absolute Gasteiger partial charge is 0.222 e. The molecule has 0 unspecified atom stereocenters. The Morgan fingerprint density at radius 3 is 2.50 bits per heavy atom. The Bertz CT molecular complexity index is 345. The third-order valence-corrected chi connectivity index (χ3v) is 2.05. The molecular formula is C12H21N3O. The summed E-state index contributed by atoms with van der Waals surface area (Å²) >= 11 is 0. The van der Waals surface area contributed by atoms with Crippen LogP contribution in [-0.2, 0) is 6.42 Å². The lowest BCUT2D eigenvalue weighted by molar-refractivity contribution is 0.122. The maximum absolute atomic E-state index is 5.84. The lowest BCUT2D eigenvalue weighted by atomic mass is 10.1. The monoisotopic (exact) mass is 223 g/mol. The molecule has 0 saturated heterocycles. The standard InChI is InChI=1S/C12H21N3O/c1-6-7-9-10(13-5)14-8-15-11(9)16-12(2,3)4/h8H,6-7H2,1-5H3,(H,13,14,15). The number of hydrogen-bond donors (Lipinski definition) is 1. The van der Waals surface area contributed by atoms with Gasteiger partial charge in [0.2, 0.25) is 5.88 Å². The Balaban J connectivity index is 3.06. The van der Waals surface area contributed by atoms with Gasteiger partial charge in [0.05, 0.1) is 5.56 Å². The largest absolute Gasteiger partial charge is 0.472 e. The Kier molecular flexibility index (Phi) is 4.10. The average Bonchev–Trinajstić information content (AvgIpc) is 2.18. The van der Waals surface area contributed by atoms with Crippen molar-refractivity contribution in [2.75, 3.05) is 12.4 Å². The van der Waals surface area contributed by atoms with Crippen LogP contribution in [0.4, 0.5) is 5.82 Å². The molecule has 0 amide bonds. The zero-order valence-corrected chi connectivity index (χ0v) is 10.8. The predicted molar refractivity (Wildman–Crippen MR) is 66.0 cm³/mol. The molecule has 4 heteroatoms. The summed E-state index contributed by atoms with van der Waals surface area (Å²) in [6.07, 6.45) is 3.50. The fraction of sp³-hybridized carbons (Fsp3) is 0.667. The van der Waals surface area contributed by atoms with Crippen LogP contribution in [0.5, 0.6) is 5.88 Å². The van der Waals surface area contributed by atoms with Crippen LogP contribution in [0.2, 0.25) is 0 Å². The summed E-state index contributed by atoms with van der Waals surface area (Å²) < 4.78 is 5.84. The van der Waals surface area contributed by atoms with E-state index in [0.717, 1.165) is 24.2 Å². The first kappa shape index (κ1) is 12.7. The van der Waals surface area contributed by atoms with E-state index in [-0.39, 0.29) is 5.60 Å². The Labute approximate surface area is 97.5 Å². The second-order valence-electron chi connectivity index (χ2n) is 4.72. The molecule has 90 valence electrons. The Morgan fingerprint density at radius 2 is 2.00 bits per heavy atom. The molecule has 0 radical (unpaired) electrons. The highest BCUT2D eigenvalue weighted by Crippen LogP contribution is 2.26. The van der Waals surface area contributed by atoms with Crippen molar-refractivity contribution in [2.24, 2.45) is 0 Å². The van der Waals surface area contributed by atoms with Gasteiger partial charge in [-0.1, -0.05) is 13.3 Å². The summed E-state index contributed by atoms with van der Waals surface area (Å²) in [7, 11) is 1.86. The van der Waals surface area contributed by atoms with Crippen molar-refractivity contribution in [1.29, 1.82) is 0 Å². The normalized spacial score (nSPS) is 11.3. The second-order valence-corrected chi connectivity index (χ2v) is 4.72. The van der Waals surface area contributed by atoms with E-state index < -0.39 is 0 Å². The van der Waals surface area contributed by atoms with Gasteiger partial charge in [0, 0.05) is 7.05 Å². The van der Waals surface area contributed by atoms with Crippen LogP contribution in [0, 0.1) is 0 Å². The highest BCUT2D eigenvalue weighted by molar-refractivity contribution is 5.48. The molecule has 0 spiro atoms. The van der Waals surface area contributed by atoms with E-state index in [1.165, 1.54) is 6.33 Å². The highest BCUT2D eigenvalue weighted by atomic mass is 16.5. The van der Waals surface area contributed by atoms with Crippen LogP contribution < -0.4 is 10.1 Å². The van der Waals surface area contributed by atoms with Crippen molar-refractivity contribution in [3.8, 4) is 5.88 Å². The zero-order valence-electron chi connectivity index (χ0n) is 10.8. The van der Waals surface area contributed by atoms with Crippen LogP contribution >= 0.6 is 0 Å². The van der Waals surface area contributed by atoms with Crippen LogP contribution in [0.25, 0.3) is 0 Å². The van der Waals surface area contributed by atoms with Gasteiger partial charge in [0.15, 0.2) is 0 Å². The number of ether oxygens (including phenoxy) is 1. The van der Waals surface area contributed by atoms with Crippen LogP contribution in [0.1, 0.15) is 39.7 Å². The quantitative estimate of drug-likeness (QED) is 0.852. The summed E-state index contributed by atoms with van der Waals surface area (Å²) in [5.41, 5.74) is 0.824. The molecule has 0 fully saturated rings.